The van der Waals surface area contributed by atoms with Crippen LogP contribution >= 0.6 is 0 Å². The van der Waals surface area contributed by atoms with E-state index in [1.165, 1.54) is 24.0 Å². The Morgan fingerprint density at radius 1 is 1.00 bits per heavy atom. The van der Waals surface area contributed by atoms with Gasteiger partial charge in [0.1, 0.15) is 0 Å². The maximum absolute atomic E-state index is 12.8. The van der Waals surface area contributed by atoms with Crippen LogP contribution in [-0.4, -0.2) is 32.4 Å². The first-order chi connectivity index (χ1) is 14.3. The van der Waals surface area contributed by atoms with Gasteiger partial charge in [-0.05, 0) is 92.1 Å². The largest absolute Gasteiger partial charge is 0.300 e. The molecule has 0 saturated heterocycles. The van der Waals surface area contributed by atoms with Crippen molar-refractivity contribution in [1.29, 1.82) is 0 Å². The highest BCUT2D eigenvalue weighted by Crippen LogP contribution is 2.28. The highest BCUT2D eigenvalue weighted by molar-refractivity contribution is 7.92. The SMILES string of the molecule is CCCN(CCC)C1CCc2cc(NS(=O)(=O)c3ccc(C(C)C)cc3)ccc2C1. The van der Waals surface area contributed by atoms with Crippen molar-refractivity contribution in [3.8, 4) is 0 Å². The Morgan fingerprint density at radius 2 is 1.67 bits per heavy atom. The van der Waals surface area contributed by atoms with Crippen molar-refractivity contribution in [2.45, 2.75) is 76.7 Å². The van der Waals surface area contributed by atoms with Crippen LogP contribution in [0, 0.1) is 0 Å². The number of anilines is 1. The van der Waals surface area contributed by atoms with E-state index >= 15 is 0 Å². The molecule has 0 radical (unpaired) electrons. The van der Waals surface area contributed by atoms with E-state index in [1.54, 1.807) is 12.1 Å². The van der Waals surface area contributed by atoms with Crippen LogP contribution in [-0.2, 0) is 22.9 Å². The fourth-order valence-electron chi connectivity index (χ4n) is 4.41. The maximum atomic E-state index is 12.8. The lowest BCUT2D eigenvalue weighted by Crippen LogP contribution is -2.40. The second-order valence-corrected chi connectivity index (χ2v) is 10.4. The minimum Gasteiger partial charge on any atom is -0.300 e. The third-order valence-corrected chi connectivity index (χ3v) is 7.45. The molecular formula is C25H36N2O2S. The molecular weight excluding hydrogens is 392 g/mol. The minimum absolute atomic E-state index is 0.305. The van der Waals surface area contributed by atoms with E-state index in [0.717, 1.165) is 37.9 Å². The van der Waals surface area contributed by atoms with Gasteiger partial charge in [0.05, 0.1) is 4.90 Å². The first kappa shape index (κ1) is 22.8. The van der Waals surface area contributed by atoms with Gasteiger partial charge in [-0.2, -0.15) is 0 Å². The van der Waals surface area contributed by atoms with Gasteiger partial charge in [-0.25, -0.2) is 8.42 Å². The average Bonchev–Trinajstić information content (AvgIpc) is 2.73. The second-order valence-electron chi connectivity index (χ2n) is 8.75. The van der Waals surface area contributed by atoms with Crippen LogP contribution in [0.1, 0.15) is 69.6 Å². The standard InChI is InChI=1S/C25H36N2O2S/c1-5-15-27(16-6-2)24-12-8-21-17-23(11-7-22(21)18-24)26-30(28,29)25-13-9-20(10-14-25)19(3)4/h7,9-11,13-14,17,19,24,26H,5-6,8,12,15-16,18H2,1-4H3. The molecule has 164 valence electrons. The van der Waals surface area contributed by atoms with Gasteiger partial charge in [-0.15, -0.1) is 0 Å². The zero-order valence-electron chi connectivity index (χ0n) is 18.8. The van der Waals surface area contributed by atoms with Crippen LogP contribution in [0.2, 0.25) is 0 Å². The van der Waals surface area contributed by atoms with E-state index < -0.39 is 10.0 Å². The molecule has 0 heterocycles. The number of aryl methyl sites for hydroxylation is 1. The molecule has 0 aliphatic heterocycles. The predicted molar refractivity (Wildman–Crippen MR) is 126 cm³/mol. The lowest BCUT2D eigenvalue weighted by Gasteiger charge is -2.35. The number of hydrogen-bond acceptors (Lipinski definition) is 3. The van der Waals surface area contributed by atoms with E-state index in [-0.39, 0.29) is 0 Å². The number of benzene rings is 2. The first-order valence-electron chi connectivity index (χ1n) is 11.3. The summed E-state index contributed by atoms with van der Waals surface area (Å²) in [4.78, 5) is 2.93. The molecule has 2 aromatic rings. The van der Waals surface area contributed by atoms with E-state index in [9.17, 15) is 8.42 Å². The Morgan fingerprint density at radius 3 is 2.27 bits per heavy atom. The fraction of sp³-hybridized carbons (Fsp3) is 0.520. The zero-order chi connectivity index (χ0) is 21.7. The third kappa shape index (κ3) is 5.44. The first-order valence-corrected chi connectivity index (χ1v) is 12.8. The molecule has 0 spiro atoms. The van der Waals surface area contributed by atoms with Gasteiger partial charge in [-0.1, -0.05) is 45.9 Å². The highest BCUT2D eigenvalue weighted by atomic mass is 32.2. The molecule has 3 rings (SSSR count). The van der Waals surface area contributed by atoms with Crippen LogP contribution in [0.3, 0.4) is 0 Å². The summed E-state index contributed by atoms with van der Waals surface area (Å²) in [6.45, 7) is 11.0. The van der Waals surface area contributed by atoms with Crippen LogP contribution in [0.25, 0.3) is 0 Å². The molecule has 0 fully saturated rings. The number of nitrogens with zero attached hydrogens (tertiary/aromatic N) is 1. The minimum atomic E-state index is -3.58. The molecule has 30 heavy (non-hydrogen) atoms. The molecule has 1 unspecified atom stereocenters. The molecule has 4 nitrogen and oxygen atoms in total. The van der Waals surface area contributed by atoms with Crippen LogP contribution in [0.4, 0.5) is 5.69 Å². The van der Waals surface area contributed by atoms with Gasteiger partial charge in [0.2, 0.25) is 0 Å². The van der Waals surface area contributed by atoms with Crippen LogP contribution in [0.15, 0.2) is 47.4 Å². The molecule has 1 aliphatic carbocycles. The van der Waals surface area contributed by atoms with E-state index in [4.69, 9.17) is 0 Å². The topological polar surface area (TPSA) is 49.4 Å². The Labute approximate surface area is 182 Å². The average molecular weight is 429 g/mol. The van der Waals surface area contributed by atoms with E-state index in [1.807, 2.05) is 24.3 Å². The van der Waals surface area contributed by atoms with Crippen molar-refractivity contribution in [2.24, 2.45) is 0 Å². The Hall–Kier alpha value is -1.85. The maximum Gasteiger partial charge on any atom is 0.261 e. The number of nitrogens with one attached hydrogen (secondary N) is 1. The van der Waals surface area contributed by atoms with E-state index in [2.05, 4.69) is 43.4 Å². The number of hydrogen-bond donors (Lipinski definition) is 1. The third-order valence-electron chi connectivity index (χ3n) is 6.06. The zero-order valence-corrected chi connectivity index (χ0v) is 19.6. The summed E-state index contributed by atoms with van der Waals surface area (Å²) in [5, 5.41) is 0. The molecule has 1 N–H and O–H groups in total. The van der Waals surface area contributed by atoms with Gasteiger partial charge >= 0.3 is 0 Å². The summed E-state index contributed by atoms with van der Waals surface area (Å²) >= 11 is 0. The molecule has 0 saturated carbocycles. The smallest absolute Gasteiger partial charge is 0.261 e. The summed E-state index contributed by atoms with van der Waals surface area (Å²) in [7, 11) is -3.58. The number of sulfonamides is 1. The molecule has 5 heteroatoms. The van der Waals surface area contributed by atoms with Crippen LogP contribution in [0.5, 0.6) is 0 Å². The summed E-state index contributed by atoms with van der Waals surface area (Å²) in [5.74, 6) is 0.379. The summed E-state index contributed by atoms with van der Waals surface area (Å²) in [5.41, 5.74) is 4.42. The molecule has 0 amide bonds. The molecule has 2 aromatic carbocycles. The van der Waals surface area contributed by atoms with Gasteiger partial charge in [-0.3, -0.25) is 4.72 Å². The molecule has 1 atom stereocenters. The van der Waals surface area contributed by atoms with E-state index in [0.29, 0.717) is 22.5 Å². The normalized spacial score (nSPS) is 16.7. The van der Waals surface area contributed by atoms with Gasteiger partial charge in [0.15, 0.2) is 0 Å². The molecule has 0 aromatic heterocycles. The van der Waals surface area contributed by atoms with Crippen molar-refractivity contribution in [3.05, 3.63) is 59.2 Å². The van der Waals surface area contributed by atoms with Crippen LogP contribution < -0.4 is 4.72 Å². The Bertz CT molecular complexity index is 930. The van der Waals surface area contributed by atoms with Crippen molar-refractivity contribution < 1.29 is 8.42 Å². The monoisotopic (exact) mass is 428 g/mol. The molecule has 1 aliphatic rings. The second kappa shape index (κ2) is 9.97. The quantitative estimate of drug-likeness (QED) is 0.566. The fourth-order valence-corrected chi connectivity index (χ4v) is 5.46. The summed E-state index contributed by atoms with van der Waals surface area (Å²) in [6, 6.07) is 13.8. The summed E-state index contributed by atoms with van der Waals surface area (Å²) in [6.07, 6.45) is 5.56. The lowest BCUT2D eigenvalue weighted by atomic mass is 9.87. The number of rotatable bonds is 9. The molecule has 0 bridgehead atoms. The van der Waals surface area contributed by atoms with Crippen molar-refractivity contribution in [1.82, 2.24) is 4.90 Å². The Balaban J connectivity index is 1.72. The van der Waals surface area contributed by atoms with Crippen molar-refractivity contribution in [2.75, 3.05) is 17.8 Å². The van der Waals surface area contributed by atoms with Gasteiger partial charge in [0, 0.05) is 11.7 Å². The number of fused-ring (bicyclic) bond motifs is 1. The van der Waals surface area contributed by atoms with Crippen molar-refractivity contribution >= 4 is 15.7 Å². The lowest BCUT2D eigenvalue weighted by molar-refractivity contribution is 0.180. The summed E-state index contributed by atoms with van der Waals surface area (Å²) < 4.78 is 28.4. The highest BCUT2D eigenvalue weighted by Gasteiger charge is 2.24. The van der Waals surface area contributed by atoms with Gasteiger partial charge in [0.25, 0.3) is 10.0 Å². The predicted octanol–water partition coefficient (Wildman–Crippen LogP) is 5.59. The van der Waals surface area contributed by atoms with Gasteiger partial charge < -0.3 is 4.90 Å². The Kier molecular flexibility index (Phi) is 7.59. The van der Waals surface area contributed by atoms with Crippen molar-refractivity contribution in [3.63, 3.8) is 0 Å².